The van der Waals surface area contributed by atoms with Crippen molar-refractivity contribution in [3.8, 4) is 0 Å². The summed E-state index contributed by atoms with van der Waals surface area (Å²) in [6.45, 7) is 0.689. The molecule has 0 amide bonds. The molecule has 0 aliphatic heterocycles. The molecule has 3 rings (SSSR count). The van der Waals surface area contributed by atoms with Crippen LogP contribution in [0.15, 0.2) is 41.4 Å². The van der Waals surface area contributed by atoms with E-state index in [2.05, 4.69) is 20.6 Å². The lowest BCUT2D eigenvalue weighted by Gasteiger charge is -2.16. The predicted molar refractivity (Wildman–Crippen MR) is 107 cm³/mol. The normalized spacial score (nSPS) is 15.9. The summed E-state index contributed by atoms with van der Waals surface area (Å²) in [5.74, 6) is 1.45. The van der Waals surface area contributed by atoms with Crippen LogP contribution in [-0.2, 0) is 16.4 Å². The summed E-state index contributed by atoms with van der Waals surface area (Å²) in [6.07, 6.45) is 10.0. The first-order valence-corrected chi connectivity index (χ1v) is 11.0. The van der Waals surface area contributed by atoms with Crippen molar-refractivity contribution in [3.63, 3.8) is 0 Å². The van der Waals surface area contributed by atoms with Crippen LogP contribution in [0.3, 0.4) is 0 Å². The van der Waals surface area contributed by atoms with Crippen LogP contribution in [-0.4, -0.2) is 31.0 Å². The Labute approximate surface area is 160 Å². The fourth-order valence-corrected chi connectivity index (χ4v) is 3.83. The molecule has 1 aromatic heterocycles. The minimum absolute atomic E-state index is 0.129. The number of hydrogen-bond donors (Lipinski definition) is 3. The van der Waals surface area contributed by atoms with E-state index < -0.39 is 10.0 Å². The zero-order valence-corrected chi connectivity index (χ0v) is 16.2. The first kappa shape index (κ1) is 19.6. The molecular weight excluding hydrogens is 362 g/mol. The van der Waals surface area contributed by atoms with E-state index in [4.69, 9.17) is 5.14 Å². The number of nitrogens with two attached hydrogens (primary N) is 1. The van der Waals surface area contributed by atoms with Gasteiger partial charge in [-0.15, -0.1) is 0 Å². The Morgan fingerprint density at radius 1 is 1.04 bits per heavy atom. The SMILES string of the molecule is NS(=O)(=O)c1ccc(CCNc2ccnc(NC3CCCCCC3)n2)cc1. The van der Waals surface area contributed by atoms with E-state index in [1.54, 1.807) is 18.3 Å². The first-order valence-electron chi connectivity index (χ1n) is 9.46. The van der Waals surface area contributed by atoms with Crippen molar-refractivity contribution >= 4 is 21.8 Å². The topological polar surface area (TPSA) is 110 Å². The zero-order valence-electron chi connectivity index (χ0n) is 15.4. The molecular formula is C19H27N5O2S. The van der Waals surface area contributed by atoms with E-state index in [0.717, 1.165) is 17.8 Å². The maximum Gasteiger partial charge on any atom is 0.238 e. The molecule has 8 heteroatoms. The molecule has 1 aromatic carbocycles. The third-order valence-corrected chi connectivity index (χ3v) is 5.74. The number of anilines is 2. The summed E-state index contributed by atoms with van der Waals surface area (Å²) >= 11 is 0. The van der Waals surface area contributed by atoms with Gasteiger partial charge in [0, 0.05) is 18.8 Å². The molecule has 2 aromatic rings. The van der Waals surface area contributed by atoms with E-state index in [-0.39, 0.29) is 4.90 Å². The number of aromatic nitrogens is 2. The Balaban J connectivity index is 1.51. The lowest BCUT2D eigenvalue weighted by atomic mass is 10.1. The van der Waals surface area contributed by atoms with Crippen molar-refractivity contribution < 1.29 is 8.42 Å². The first-order chi connectivity index (χ1) is 13.0. The monoisotopic (exact) mass is 389 g/mol. The van der Waals surface area contributed by atoms with E-state index in [1.807, 2.05) is 6.07 Å². The summed E-state index contributed by atoms with van der Waals surface area (Å²) in [6, 6.07) is 8.93. The number of rotatable bonds is 7. The average molecular weight is 390 g/mol. The standard InChI is InChI=1S/C19H27N5O2S/c20-27(25,26)17-9-7-15(8-10-17)11-13-21-18-12-14-22-19(24-18)23-16-5-3-1-2-4-6-16/h7-10,12,14,16H,1-6,11,13H2,(H2,20,25,26)(H2,21,22,23,24). The van der Waals surface area contributed by atoms with Gasteiger partial charge in [-0.05, 0) is 43.0 Å². The van der Waals surface area contributed by atoms with Gasteiger partial charge >= 0.3 is 0 Å². The van der Waals surface area contributed by atoms with Gasteiger partial charge in [0.15, 0.2) is 0 Å². The van der Waals surface area contributed by atoms with Crippen molar-refractivity contribution in [2.45, 2.75) is 55.9 Å². The minimum atomic E-state index is -3.64. The van der Waals surface area contributed by atoms with Crippen LogP contribution in [0.1, 0.15) is 44.1 Å². The highest BCUT2D eigenvalue weighted by atomic mass is 32.2. The molecule has 0 bridgehead atoms. The summed E-state index contributed by atoms with van der Waals surface area (Å²) < 4.78 is 22.6. The van der Waals surface area contributed by atoms with Gasteiger partial charge in [0.25, 0.3) is 0 Å². The summed E-state index contributed by atoms with van der Waals surface area (Å²) in [5, 5.41) is 11.9. The lowest BCUT2D eigenvalue weighted by molar-refractivity contribution is 0.598. The molecule has 146 valence electrons. The number of nitrogens with zero attached hydrogens (tertiary/aromatic N) is 2. The summed E-state index contributed by atoms with van der Waals surface area (Å²) in [5.41, 5.74) is 1.03. The zero-order chi connectivity index (χ0) is 19.1. The lowest BCUT2D eigenvalue weighted by Crippen LogP contribution is -2.20. The van der Waals surface area contributed by atoms with Crippen LogP contribution in [0.25, 0.3) is 0 Å². The number of sulfonamides is 1. The second-order valence-electron chi connectivity index (χ2n) is 6.96. The number of hydrogen-bond acceptors (Lipinski definition) is 6. The van der Waals surface area contributed by atoms with E-state index in [1.165, 1.54) is 50.7 Å². The number of nitrogens with one attached hydrogen (secondary N) is 2. The van der Waals surface area contributed by atoms with E-state index in [9.17, 15) is 8.42 Å². The Kier molecular flexibility index (Phi) is 6.63. The second kappa shape index (κ2) is 9.14. The molecule has 1 heterocycles. The van der Waals surface area contributed by atoms with Gasteiger partial charge in [-0.3, -0.25) is 0 Å². The molecule has 0 radical (unpaired) electrons. The Morgan fingerprint density at radius 3 is 2.41 bits per heavy atom. The Hall–Kier alpha value is -2.19. The van der Waals surface area contributed by atoms with Gasteiger partial charge in [0.2, 0.25) is 16.0 Å². The molecule has 1 fully saturated rings. The molecule has 0 unspecified atom stereocenters. The van der Waals surface area contributed by atoms with Crippen molar-refractivity contribution in [3.05, 3.63) is 42.1 Å². The minimum Gasteiger partial charge on any atom is -0.370 e. The molecule has 0 saturated heterocycles. The molecule has 7 nitrogen and oxygen atoms in total. The molecule has 1 aliphatic rings. The van der Waals surface area contributed by atoms with Crippen LogP contribution in [0.2, 0.25) is 0 Å². The quantitative estimate of drug-likeness (QED) is 0.628. The Bertz CT molecular complexity index is 831. The molecule has 1 saturated carbocycles. The highest BCUT2D eigenvalue weighted by molar-refractivity contribution is 7.89. The Morgan fingerprint density at radius 2 is 1.74 bits per heavy atom. The average Bonchev–Trinajstić information content (AvgIpc) is 2.90. The second-order valence-corrected chi connectivity index (χ2v) is 8.53. The molecule has 0 atom stereocenters. The van der Waals surface area contributed by atoms with Crippen molar-refractivity contribution in [1.82, 2.24) is 9.97 Å². The molecule has 0 spiro atoms. The van der Waals surface area contributed by atoms with Crippen LogP contribution in [0.4, 0.5) is 11.8 Å². The van der Waals surface area contributed by atoms with Crippen LogP contribution >= 0.6 is 0 Å². The van der Waals surface area contributed by atoms with Crippen molar-refractivity contribution in [2.75, 3.05) is 17.2 Å². The fraction of sp³-hybridized carbons (Fsp3) is 0.474. The van der Waals surface area contributed by atoms with Gasteiger partial charge in [-0.2, -0.15) is 4.98 Å². The third kappa shape index (κ3) is 6.18. The maximum absolute atomic E-state index is 11.3. The van der Waals surface area contributed by atoms with Gasteiger partial charge in [0.05, 0.1) is 4.90 Å². The fourth-order valence-electron chi connectivity index (χ4n) is 3.31. The number of primary sulfonamides is 1. The predicted octanol–water partition coefficient (Wildman–Crippen LogP) is 2.91. The molecule has 27 heavy (non-hydrogen) atoms. The maximum atomic E-state index is 11.3. The van der Waals surface area contributed by atoms with Crippen molar-refractivity contribution in [2.24, 2.45) is 5.14 Å². The van der Waals surface area contributed by atoms with Gasteiger partial charge in [0.1, 0.15) is 5.82 Å². The summed E-state index contributed by atoms with van der Waals surface area (Å²) in [4.78, 5) is 9.01. The van der Waals surface area contributed by atoms with Gasteiger partial charge in [-0.25, -0.2) is 18.5 Å². The van der Waals surface area contributed by atoms with E-state index in [0.29, 0.717) is 18.5 Å². The number of benzene rings is 1. The highest BCUT2D eigenvalue weighted by Gasteiger charge is 2.13. The van der Waals surface area contributed by atoms with Crippen molar-refractivity contribution in [1.29, 1.82) is 0 Å². The molecule has 4 N–H and O–H groups in total. The largest absolute Gasteiger partial charge is 0.370 e. The smallest absolute Gasteiger partial charge is 0.238 e. The van der Waals surface area contributed by atoms with Crippen LogP contribution in [0.5, 0.6) is 0 Å². The van der Waals surface area contributed by atoms with Crippen LogP contribution in [0, 0.1) is 0 Å². The highest BCUT2D eigenvalue weighted by Crippen LogP contribution is 2.20. The van der Waals surface area contributed by atoms with Crippen LogP contribution < -0.4 is 15.8 Å². The molecule has 1 aliphatic carbocycles. The summed E-state index contributed by atoms with van der Waals surface area (Å²) in [7, 11) is -3.64. The van der Waals surface area contributed by atoms with Gasteiger partial charge < -0.3 is 10.6 Å². The van der Waals surface area contributed by atoms with E-state index >= 15 is 0 Å². The third-order valence-electron chi connectivity index (χ3n) is 4.82. The van der Waals surface area contributed by atoms with Gasteiger partial charge in [-0.1, -0.05) is 37.8 Å².